The molecule has 0 aliphatic carbocycles. The Morgan fingerprint density at radius 2 is 1.88 bits per heavy atom. The quantitative estimate of drug-likeness (QED) is 0.723. The second-order valence-corrected chi connectivity index (χ2v) is 4.30. The van der Waals surface area contributed by atoms with Gasteiger partial charge in [0, 0.05) is 12.0 Å². The van der Waals surface area contributed by atoms with Crippen LogP contribution in [0.25, 0.3) is 0 Å². The maximum Gasteiger partial charge on any atom is 0.162 e. The lowest BCUT2D eigenvalue weighted by Gasteiger charge is -2.15. The van der Waals surface area contributed by atoms with E-state index < -0.39 is 0 Å². The van der Waals surface area contributed by atoms with Gasteiger partial charge in [0.05, 0.1) is 6.10 Å². The number of rotatable bonds is 4. The summed E-state index contributed by atoms with van der Waals surface area (Å²) in [6, 6.07) is 3.76. The van der Waals surface area contributed by atoms with Crippen molar-refractivity contribution in [3.05, 3.63) is 28.8 Å². The third-order valence-electron chi connectivity index (χ3n) is 2.72. The summed E-state index contributed by atoms with van der Waals surface area (Å²) in [5.41, 5.74) is 2.91. The van der Waals surface area contributed by atoms with E-state index in [-0.39, 0.29) is 11.9 Å². The lowest BCUT2D eigenvalue weighted by atomic mass is 9.98. The first-order valence-corrected chi connectivity index (χ1v) is 5.77. The molecule has 0 heterocycles. The van der Waals surface area contributed by atoms with Gasteiger partial charge in [-0.05, 0) is 51.0 Å². The Morgan fingerprint density at radius 3 is 2.38 bits per heavy atom. The molecule has 0 saturated heterocycles. The van der Waals surface area contributed by atoms with Gasteiger partial charge in [-0.1, -0.05) is 6.92 Å². The van der Waals surface area contributed by atoms with Crippen molar-refractivity contribution >= 4 is 5.78 Å². The van der Waals surface area contributed by atoms with E-state index in [9.17, 15) is 4.79 Å². The maximum atomic E-state index is 11.7. The second kappa shape index (κ2) is 5.15. The van der Waals surface area contributed by atoms with Crippen LogP contribution in [-0.2, 0) is 0 Å². The molecule has 2 heteroatoms. The summed E-state index contributed by atoms with van der Waals surface area (Å²) in [5, 5.41) is 0. The molecule has 0 aromatic heterocycles. The van der Waals surface area contributed by atoms with Crippen molar-refractivity contribution in [1.29, 1.82) is 0 Å². The zero-order valence-corrected chi connectivity index (χ0v) is 10.8. The van der Waals surface area contributed by atoms with E-state index in [0.717, 1.165) is 22.4 Å². The molecule has 0 aliphatic heterocycles. The summed E-state index contributed by atoms with van der Waals surface area (Å²) in [4.78, 5) is 11.7. The van der Waals surface area contributed by atoms with Gasteiger partial charge in [-0.3, -0.25) is 4.79 Å². The van der Waals surface area contributed by atoms with Gasteiger partial charge >= 0.3 is 0 Å². The number of benzene rings is 1. The molecule has 0 amide bonds. The fraction of sp³-hybridized carbons (Fsp3) is 0.500. The molecule has 0 bridgehead atoms. The van der Waals surface area contributed by atoms with Gasteiger partial charge in [-0.2, -0.15) is 0 Å². The first-order chi connectivity index (χ1) is 7.47. The predicted octanol–water partition coefficient (Wildman–Crippen LogP) is 3.68. The summed E-state index contributed by atoms with van der Waals surface area (Å²) in [6.45, 7) is 9.86. The number of Topliss-reactive ketones (excluding diaryl/α,β-unsaturated/α-hetero) is 1. The van der Waals surface area contributed by atoms with Crippen molar-refractivity contribution in [2.75, 3.05) is 0 Å². The van der Waals surface area contributed by atoms with Crippen LogP contribution in [0.1, 0.15) is 48.7 Å². The molecular weight excluding hydrogens is 200 g/mol. The number of ether oxygens (including phenoxy) is 1. The van der Waals surface area contributed by atoms with E-state index in [2.05, 4.69) is 0 Å². The average molecular weight is 220 g/mol. The van der Waals surface area contributed by atoms with Crippen LogP contribution in [0.3, 0.4) is 0 Å². The molecule has 0 radical (unpaired) electrons. The minimum atomic E-state index is 0.158. The van der Waals surface area contributed by atoms with Gasteiger partial charge < -0.3 is 4.74 Å². The Hall–Kier alpha value is -1.31. The van der Waals surface area contributed by atoms with E-state index in [1.165, 1.54) is 0 Å². The molecule has 0 unspecified atom stereocenters. The van der Waals surface area contributed by atoms with Crippen molar-refractivity contribution in [2.24, 2.45) is 0 Å². The van der Waals surface area contributed by atoms with Crippen LogP contribution in [0.5, 0.6) is 5.75 Å². The molecule has 16 heavy (non-hydrogen) atoms. The van der Waals surface area contributed by atoms with Gasteiger partial charge in [0.25, 0.3) is 0 Å². The van der Waals surface area contributed by atoms with Gasteiger partial charge in [-0.25, -0.2) is 0 Å². The predicted molar refractivity (Wildman–Crippen MR) is 66.3 cm³/mol. The Labute approximate surface area is 97.6 Å². The molecule has 0 N–H and O–H groups in total. The first kappa shape index (κ1) is 12.8. The topological polar surface area (TPSA) is 26.3 Å². The summed E-state index contributed by atoms with van der Waals surface area (Å²) in [5.74, 6) is 1.07. The first-order valence-electron chi connectivity index (χ1n) is 5.77. The smallest absolute Gasteiger partial charge is 0.162 e. The average Bonchev–Trinajstić information content (AvgIpc) is 2.23. The van der Waals surface area contributed by atoms with Crippen molar-refractivity contribution in [2.45, 2.75) is 47.1 Å². The summed E-state index contributed by atoms with van der Waals surface area (Å²) in [7, 11) is 0. The van der Waals surface area contributed by atoms with Crippen LogP contribution < -0.4 is 4.74 Å². The molecule has 0 atom stereocenters. The fourth-order valence-electron chi connectivity index (χ4n) is 1.67. The number of hydrogen-bond donors (Lipinski definition) is 0. The largest absolute Gasteiger partial charge is 0.491 e. The molecule has 88 valence electrons. The number of hydrogen-bond acceptors (Lipinski definition) is 2. The molecule has 1 rings (SSSR count). The van der Waals surface area contributed by atoms with Gasteiger partial charge in [-0.15, -0.1) is 0 Å². The SMILES string of the molecule is CCC(=O)c1ccc(OC(C)C)c(C)c1C. The Morgan fingerprint density at radius 1 is 1.25 bits per heavy atom. The second-order valence-electron chi connectivity index (χ2n) is 4.30. The standard InChI is InChI=1S/C14H20O2/c1-6-13(15)12-7-8-14(16-9(2)3)11(5)10(12)4/h7-9H,6H2,1-5H3. The van der Waals surface area contributed by atoms with Crippen LogP contribution in [0, 0.1) is 13.8 Å². The van der Waals surface area contributed by atoms with Crippen molar-refractivity contribution < 1.29 is 9.53 Å². The van der Waals surface area contributed by atoms with Crippen molar-refractivity contribution in [1.82, 2.24) is 0 Å². The molecule has 0 aliphatic rings. The molecule has 0 fully saturated rings. The maximum absolute atomic E-state index is 11.7. The van der Waals surface area contributed by atoms with Crippen LogP contribution >= 0.6 is 0 Å². The van der Waals surface area contributed by atoms with E-state index in [4.69, 9.17) is 4.74 Å². The molecule has 1 aromatic rings. The molecule has 0 saturated carbocycles. The Kier molecular flexibility index (Phi) is 4.11. The number of ketones is 1. The van der Waals surface area contributed by atoms with Gasteiger partial charge in [0.15, 0.2) is 5.78 Å². The minimum Gasteiger partial charge on any atom is -0.491 e. The molecule has 2 nitrogen and oxygen atoms in total. The fourth-order valence-corrected chi connectivity index (χ4v) is 1.67. The zero-order valence-electron chi connectivity index (χ0n) is 10.8. The lowest BCUT2D eigenvalue weighted by Crippen LogP contribution is -2.09. The monoisotopic (exact) mass is 220 g/mol. The van der Waals surface area contributed by atoms with Crippen LogP contribution in [0.15, 0.2) is 12.1 Å². The van der Waals surface area contributed by atoms with E-state index in [1.54, 1.807) is 0 Å². The van der Waals surface area contributed by atoms with E-state index in [0.29, 0.717) is 6.42 Å². The minimum absolute atomic E-state index is 0.158. The Bertz CT molecular complexity index is 392. The van der Waals surface area contributed by atoms with E-state index in [1.807, 2.05) is 46.8 Å². The van der Waals surface area contributed by atoms with Crippen LogP contribution in [-0.4, -0.2) is 11.9 Å². The summed E-state index contributed by atoms with van der Waals surface area (Å²) in [6.07, 6.45) is 0.704. The van der Waals surface area contributed by atoms with Crippen LogP contribution in [0.4, 0.5) is 0 Å². The Balaban J connectivity index is 3.13. The van der Waals surface area contributed by atoms with E-state index >= 15 is 0 Å². The molecular formula is C14H20O2. The third-order valence-corrected chi connectivity index (χ3v) is 2.72. The highest BCUT2D eigenvalue weighted by Gasteiger charge is 2.12. The van der Waals surface area contributed by atoms with Gasteiger partial charge in [0.1, 0.15) is 5.75 Å². The lowest BCUT2D eigenvalue weighted by molar-refractivity contribution is 0.0987. The van der Waals surface area contributed by atoms with Crippen LogP contribution in [0.2, 0.25) is 0 Å². The number of carbonyl (C=O) groups excluding carboxylic acids is 1. The molecule has 0 spiro atoms. The highest BCUT2D eigenvalue weighted by Crippen LogP contribution is 2.25. The number of carbonyl (C=O) groups is 1. The van der Waals surface area contributed by atoms with Gasteiger partial charge in [0.2, 0.25) is 0 Å². The highest BCUT2D eigenvalue weighted by atomic mass is 16.5. The zero-order chi connectivity index (χ0) is 12.3. The third kappa shape index (κ3) is 2.63. The normalized spacial score (nSPS) is 10.6. The summed E-state index contributed by atoms with van der Waals surface area (Å²) < 4.78 is 5.68. The summed E-state index contributed by atoms with van der Waals surface area (Å²) >= 11 is 0. The van der Waals surface area contributed by atoms with Crippen molar-refractivity contribution in [3.8, 4) is 5.75 Å². The highest BCUT2D eigenvalue weighted by molar-refractivity contribution is 5.97. The van der Waals surface area contributed by atoms with Crippen molar-refractivity contribution in [3.63, 3.8) is 0 Å². The molecule has 1 aromatic carbocycles.